The van der Waals surface area contributed by atoms with Crippen molar-refractivity contribution in [3.8, 4) is 0 Å². The first-order valence-corrected chi connectivity index (χ1v) is 4.69. The molecule has 1 atom stereocenters. The monoisotopic (exact) mass is 233 g/mol. The van der Waals surface area contributed by atoms with Gasteiger partial charge in [0.2, 0.25) is 0 Å². The van der Waals surface area contributed by atoms with Crippen molar-refractivity contribution in [2.45, 2.75) is 5.92 Å². The molecular formula is C9H9Cl2NO2. The first-order valence-electron chi connectivity index (χ1n) is 3.94. The van der Waals surface area contributed by atoms with Gasteiger partial charge in [-0.2, -0.15) is 0 Å². The van der Waals surface area contributed by atoms with Crippen LogP contribution < -0.4 is 5.73 Å². The molecule has 0 aliphatic heterocycles. The second-order valence-corrected chi connectivity index (χ2v) is 3.61. The molecule has 3 nitrogen and oxygen atoms in total. The third-order valence-corrected chi connectivity index (χ3v) is 2.62. The highest BCUT2D eigenvalue weighted by molar-refractivity contribution is 6.42. The Morgan fingerprint density at radius 1 is 1.43 bits per heavy atom. The predicted octanol–water partition coefficient (Wildman–Crippen LogP) is 2.12. The van der Waals surface area contributed by atoms with Crippen molar-refractivity contribution in [2.75, 3.05) is 6.54 Å². The van der Waals surface area contributed by atoms with Crippen LogP contribution in [-0.4, -0.2) is 17.6 Å². The number of benzene rings is 1. The van der Waals surface area contributed by atoms with Crippen LogP contribution >= 0.6 is 23.2 Å². The minimum atomic E-state index is -0.967. The Morgan fingerprint density at radius 3 is 2.50 bits per heavy atom. The highest BCUT2D eigenvalue weighted by Gasteiger charge is 2.18. The van der Waals surface area contributed by atoms with E-state index in [1.807, 2.05) is 0 Å². The number of aliphatic carboxylic acids is 1. The Bertz CT molecular complexity index is 355. The van der Waals surface area contributed by atoms with Gasteiger partial charge in [0.1, 0.15) is 0 Å². The normalized spacial score (nSPS) is 12.5. The van der Waals surface area contributed by atoms with Crippen LogP contribution in [0.3, 0.4) is 0 Å². The lowest BCUT2D eigenvalue weighted by Gasteiger charge is -2.10. The lowest BCUT2D eigenvalue weighted by atomic mass is 10.00. The Hall–Kier alpha value is -0.770. The molecule has 1 aromatic rings. The summed E-state index contributed by atoms with van der Waals surface area (Å²) in [6.07, 6.45) is 0. The molecule has 14 heavy (non-hydrogen) atoms. The maximum Gasteiger partial charge on any atom is 0.312 e. The van der Waals surface area contributed by atoms with Crippen molar-refractivity contribution in [3.63, 3.8) is 0 Å². The molecule has 5 heteroatoms. The number of hydrogen-bond acceptors (Lipinski definition) is 2. The number of rotatable bonds is 3. The van der Waals surface area contributed by atoms with E-state index in [9.17, 15) is 4.79 Å². The summed E-state index contributed by atoms with van der Waals surface area (Å²) in [6, 6.07) is 4.69. The van der Waals surface area contributed by atoms with E-state index in [-0.39, 0.29) is 6.54 Å². The molecule has 0 aromatic heterocycles. The van der Waals surface area contributed by atoms with Crippen molar-refractivity contribution < 1.29 is 9.90 Å². The highest BCUT2D eigenvalue weighted by Crippen LogP contribution is 2.26. The summed E-state index contributed by atoms with van der Waals surface area (Å²) >= 11 is 11.5. The molecule has 1 rings (SSSR count). The minimum Gasteiger partial charge on any atom is -0.481 e. The second kappa shape index (κ2) is 4.64. The van der Waals surface area contributed by atoms with Gasteiger partial charge in [0.25, 0.3) is 0 Å². The number of halogens is 2. The fourth-order valence-electron chi connectivity index (χ4n) is 1.11. The van der Waals surface area contributed by atoms with Crippen LogP contribution in [0.5, 0.6) is 0 Å². The van der Waals surface area contributed by atoms with E-state index >= 15 is 0 Å². The summed E-state index contributed by atoms with van der Waals surface area (Å²) in [5.74, 6) is -1.70. The smallest absolute Gasteiger partial charge is 0.312 e. The van der Waals surface area contributed by atoms with Gasteiger partial charge in [0.15, 0.2) is 0 Å². The Kier molecular flexibility index (Phi) is 3.75. The van der Waals surface area contributed by atoms with Crippen LogP contribution in [0.4, 0.5) is 0 Å². The second-order valence-electron chi connectivity index (χ2n) is 2.80. The van der Waals surface area contributed by atoms with Gasteiger partial charge in [-0.25, -0.2) is 0 Å². The molecule has 0 saturated heterocycles. The molecule has 0 spiro atoms. The number of carboxylic acid groups (broad SMARTS) is 1. The van der Waals surface area contributed by atoms with Crippen LogP contribution in [0.25, 0.3) is 0 Å². The molecule has 0 heterocycles. The molecule has 0 radical (unpaired) electrons. The highest BCUT2D eigenvalue weighted by atomic mass is 35.5. The molecule has 76 valence electrons. The zero-order valence-corrected chi connectivity index (χ0v) is 8.72. The van der Waals surface area contributed by atoms with Crippen molar-refractivity contribution in [1.82, 2.24) is 0 Å². The summed E-state index contributed by atoms with van der Waals surface area (Å²) in [5.41, 5.74) is 5.90. The van der Waals surface area contributed by atoms with Crippen molar-refractivity contribution in [1.29, 1.82) is 0 Å². The molecule has 0 fully saturated rings. The summed E-state index contributed by atoms with van der Waals surface area (Å²) in [6.45, 7) is 0.0350. The molecule has 1 aromatic carbocycles. The van der Waals surface area contributed by atoms with Gasteiger partial charge in [-0.15, -0.1) is 0 Å². The lowest BCUT2D eigenvalue weighted by molar-refractivity contribution is -0.138. The molecular weight excluding hydrogens is 225 g/mol. The average molecular weight is 234 g/mol. The van der Waals surface area contributed by atoms with Crippen molar-refractivity contribution in [3.05, 3.63) is 33.8 Å². The fourth-order valence-corrected chi connectivity index (χ4v) is 1.42. The Balaban J connectivity index is 3.06. The average Bonchev–Trinajstić information content (AvgIpc) is 2.11. The van der Waals surface area contributed by atoms with Crippen molar-refractivity contribution in [2.24, 2.45) is 5.73 Å². The van der Waals surface area contributed by atoms with Gasteiger partial charge in [-0.1, -0.05) is 29.3 Å². The van der Waals surface area contributed by atoms with Crippen LogP contribution in [-0.2, 0) is 4.79 Å². The summed E-state index contributed by atoms with van der Waals surface area (Å²) in [7, 11) is 0. The van der Waals surface area contributed by atoms with E-state index in [0.29, 0.717) is 15.6 Å². The Labute approximate surface area is 91.4 Å². The maximum absolute atomic E-state index is 10.8. The van der Waals surface area contributed by atoms with E-state index in [4.69, 9.17) is 34.0 Å². The summed E-state index contributed by atoms with van der Waals surface area (Å²) < 4.78 is 0. The molecule has 0 unspecified atom stereocenters. The zero-order valence-electron chi connectivity index (χ0n) is 7.21. The number of carboxylic acids is 1. The van der Waals surface area contributed by atoms with E-state index in [1.54, 1.807) is 12.1 Å². The van der Waals surface area contributed by atoms with Crippen LogP contribution in [0.15, 0.2) is 18.2 Å². The number of carbonyl (C=O) groups is 1. The third-order valence-electron chi connectivity index (χ3n) is 1.88. The van der Waals surface area contributed by atoms with E-state index < -0.39 is 11.9 Å². The molecule has 3 N–H and O–H groups in total. The molecule has 0 aliphatic carbocycles. The first-order chi connectivity index (χ1) is 6.56. The van der Waals surface area contributed by atoms with E-state index in [0.717, 1.165) is 0 Å². The zero-order chi connectivity index (χ0) is 10.7. The van der Waals surface area contributed by atoms with Crippen LogP contribution in [0.2, 0.25) is 10.0 Å². The quantitative estimate of drug-likeness (QED) is 0.841. The van der Waals surface area contributed by atoms with Crippen LogP contribution in [0, 0.1) is 0 Å². The first kappa shape index (κ1) is 11.3. The molecule has 0 amide bonds. The van der Waals surface area contributed by atoms with Gasteiger partial charge in [-0.05, 0) is 17.7 Å². The van der Waals surface area contributed by atoms with E-state index in [2.05, 4.69) is 0 Å². The van der Waals surface area contributed by atoms with Gasteiger partial charge in [0.05, 0.1) is 16.0 Å². The van der Waals surface area contributed by atoms with Crippen molar-refractivity contribution >= 4 is 29.2 Å². The SMILES string of the molecule is NC[C@@H](C(=O)O)c1ccc(Cl)c(Cl)c1. The topological polar surface area (TPSA) is 63.3 Å². The Morgan fingerprint density at radius 2 is 2.07 bits per heavy atom. The molecule has 0 saturated carbocycles. The van der Waals surface area contributed by atoms with E-state index in [1.165, 1.54) is 6.07 Å². The summed E-state index contributed by atoms with van der Waals surface area (Å²) in [5, 5.41) is 9.57. The van der Waals surface area contributed by atoms with Gasteiger partial charge in [0, 0.05) is 6.54 Å². The number of hydrogen-bond donors (Lipinski definition) is 2. The van der Waals surface area contributed by atoms with Gasteiger partial charge >= 0.3 is 5.97 Å². The summed E-state index contributed by atoms with van der Waals surface area (Å²) in [4.78, 5) is 10.8. The molecule has 0 aliphatic rings. The number of nitrogens with two attached hydrogens (primary N) is 1. The maximum atomic E-state index is 10.8. The van der Waals surface area contributed by atoms with Gasteiger partial charge in [-0.3, -0.25) is 4.79 Å². The van der Waals surface area contributed by atoms with Crippen LogP contribution in [0.1, 0.15) is 11.5 Å². The third kappa shape index (κ3) is 2.38. The minimum absolute atomic E-state index is 0.0350. The lowest BCUT2D eigenvalue weighted by Crippen LogP contribution is -2.21. The standard InChI is InChI=1S/C9H9Cl2NO2/c10-7-2-1-5(3-8(7)11)6(4-12)9(13)14/h1-3,6H,4,12H2,(H,13,14)/t6-/m1/s1. The van der Waals surface area contributed by atoms with Gasteiger partial charge < -0.3 is 10.8 Å². The fraction of sp³-hybridized carbons (Fsp3) is 0.222. The molecule has 0 bridgehead atoms. The largest absolute Gasteiger partial charge is 0.481 e. The predicted molar refractivity (Wildman–Crippen MR) is 55.9 cm³/mol.